The number of nitrogens with one attached hydrogen (secondary N) is 1. The Morgan fingerprint density at radius 2 is 2.09 bits per heavy atom. The van der Waals surface area contributed by atoms with Crippen molar-refractivity contribution < 1.29 is 4.79 Å². The van der Waals surface area contributed by atoms with Crippen LogP contribution in [0.5, 0.6) is 0 Å². The molecule has 2 unspecified atom stereocenters. The van der Waals surface area contributed by atoms with Crippen molar-refractivity contribution in [3.63, 3.8) is 0 Å². The van der Waals surface area contributed by atoms with Crippen LogP contribution < -0.4 is 16.6 Å². The molecule has 0 spiro atoms. The largest absolute Gasteiger partial charge is 0.353 e. The predicted molar refractivity (Wildman–Crippen MR) is 89.0 cm³/mol. The van der Waals surface area contributed by atoms with E-state index in [1.807, 2.05) is 18.2 Å². The number of amides is 1. The second-order valence-electron chi connectivity index (χ2n) is 6.20. The van der Waals surface area contributed by atoms with E-state index in [0.29, 0.717) is 23.5 Å². The highest BCUT2D eigenvalue weighted by atomic mass is 16.2. The predicted octanol–water partition coefficient (Wildman–Crippen LogP) is 0.720. The number of carbonyl (C=O) groups excluding carboxylic acids is 1. The molecule has 2 aromatic rings. The molecule has 1 aliphatic carbocycles. The summed E-state index contributed by atoms with van der Waals surface area (Å²) >= 11 is 0. The molecule has 1 aliphatic rings. The highest BCUT2D eigenvalue weighted by Gasteiger charge is 2.27. The highest BCUT2D eigenvalue weighted by Crippen LogP contribution is 2.24. The summed E-state index contributed by atoms with van der Waals surface area (Å²) in [5.41, 5.74) is 6.24. The van der Waals surface area contributed by atoms with Gasteiger partial charge in [0.1, 0.15) is 0 Å². The van der Waals surface area contributed by atoms with E-state index < -0.39 is 0 Å². The standard InChI is InChI=1S/C17H22N4O2/c1-21-17(23)13-7-3-2-6-12(13)15(20-21)9-16(22)19-14-8-4-5-11(14)10-18/h2-3,6-7,11,14H,4-5,8-10,18H2,1H3,(H,19,22). The summed E-state index contributed by atoms with van der Waals surface area (Å²) in [7, 11) is 1.61. The third kappa shape index (κ3) is 3.12. The Kier molecular flexibility index (Phi) is 4.43. The third-order valence-electron chi connectivity index (χ3n) is 4.67. The fourth-order valence-corrected chi connectivity index (χ4v) is 3.43. The van der Waals surface area contributed by atoms with Crippen LogP contribution >= 0.6 is 0 Å². The summed E-state index contributed by atoms with van der Waals surface area (Å²) in [5.74, 6) is 0.301. The first-order chi connectivity index (χ1) is 11.1. The number of carbonyl (C=O) groups is 1. The number of hydrogen-bond acceptors (Lipinski definition) is 4. The second kappa shape index (κ2) is 6.50. The van der Waals surface area contributed by atoms with Gasteiger partial charge in [0.25, 0.3) is 5.56 Å². The van der Waals surface area contributed by atoms with Crippen LogP contribution in [0.4, 0.5) is 0 Å². The van der Waals surface area contributed by atoms with Crippen molar-refractivity contribution in [2.75, 3.05) is 6.54 Å². The number of nitrogens with two attached hydrogens (primary N) is 1. The lowest BCUT2D eigenvalue weighted by Crippen LogP contribution is -2.40. The average Bonchev–Trinajstić information content (AvgIpc) is 2.99. The normalized spacial score (nSPS) is 20.8. The minimum absolute atomic E-state index is 0.0633. The van der Waals surface area contributed by atoms with Crippen LogP contribution in [0.25, 0.3) is 10.8 Å². The first-order valence-electron chi connectivity index (χ1n) is 8.04. The lowest BCUT2D eigenvalue weighted by atomic mass is 10.0. The molecule has 3 rings (SSSR count). The summed E-state index contributed by atoms with van der Waals surface area (Å²) in [6.45, 7) is 0.603. The van der Waals surface area contributed by atoms with Crippen molar-refractivity contribution in [1.29, 1.82) is 0 Å². The summed E-state index contributed by atoms with van der Waals surface area (Å²) < 4.78 is 1.29. The molecular weight excluding hydrogens is 292 g/mol. The van der Waals surface area contributed by atoms with Crippen LogP contribution in [0, 0.1) is 5.92 Å². The molecule has 1 amide bonds. The molecule has 122 valence electrons. The van der Waals surface area contributed by atoms with Crippen LogP contribution in [0.2, 0.25) is 0 Å². The Labute approximate surface area is 134 Å². The highest BCUT2D eigenvalue weighted by molar-refractivity contribution is 5.88. The van der Waals surface area contributed by atoms with E-state index in [1.165, 1.54) is 4.68 Å². The summed E-state index contributed by atoms with van der Waals surface area (Å²) in [6.07, 6.45) is 3.33. The number of benzene rings is 1. The average molecular weight is 314 g/mol. The summed E-state index contributed by atoms with van der Waals surface area (Å²) in [6, 6.07) is 7.43. The quantitative estimate of drug-likeness (QED) is 0.870. The van der Waals surface area contributed by atoms with E-state index in [9.17, 15) is 9.59 Å². The minimum atomic E-state index is -0.149. The van der Waals surface area contributed by atoms with Crippen molar-refractivity contribution in [2.45, 2.75) is 31.7 Å². The Hall–Kier alpha value is -2.21. The zero-order chi connectivity index (χ0) is 16.4. The fourth-order valence-electron chi connectivity index (χ4n) is 3.43. The maximum Gasteiger partial charge on any atom is 0.274 e. The van der Waals surface area contributed by atoms with Gasteiger partial charge in [0.05, 0.1) is 17.5 Å². The lowest BCUT2D eigenvalue weighted by Gasteiger charge is -2.19. The number of nitrogens with zero attached hydrogens (tertiary/aromatic N) is 2. The van der Waals surface area contributed by atoms with Crippen molar-refractivity contribution >= 4 is 16.7 Å². The van der Waals surface area contributed by atoms with Gasteiger partial charge in [-0.3, -0.25) is 9.59 Å². The molecule has 2 atom stereocenters. The zero-order valence-corrected chi connectivity index (χ0v) is 13.3. The van der Waals surface area contributed by atoms with Crippen molar-refractivity contribution in [2.24, 2.45) is 18.7 Å². The third-order valence-corrected chi connectivity index (χ3v) is 4.67. The lowest BCUT2D eigenvalue weighted by molar-refractivity contribution is -0.121. The molecule has 0 aliphatic heterocycles. The van der Waals surface area contributed by atoms with Gasteiger partial charge in [-0.25, -0.2) is 4.68 Å². The zero-order valence-electron chi connectivity index (χ0n) is 13.3. The summed E-state index contributed by atoms with van der Waals surface area (Å²) in [5, 5.41) is 8.69. The number of rotatable bonds is 4. The van der Waals surface area contributed by atoms with E-state index in [1.54, 1.807) is 13.1 Å². The van der Waals surface area contributed by atoms with Crippen LogP contribution in [0.3, 0.4) is 0 Å². The van der Waals surface area contributed by atoms with E-state index in [-0.39, 0.29) is 23.9 Å². The van der Waals surface area contributed by atoms with Crippen LogP contribution in [0.15, 0.2) is 29.1 Å². The first-order valence-corrected chi connectivity index (χ1v) is 8.04. The number of aromatic nitrogens is 2. The first kappa shape index (κ1) is 15.7. The molecule has 1 heterocycles. The second-order valence-corrected chi connectivity index (χ2v) is 6.20. The van der Waals surface area contributed by atoms with Crippen molar-refractivity contribution in [3.8, 4) is 0 Å². The Bertz CT molecular complexity index is 784. The maximum atomic E-state index is 12.4. The number of hydrogen-bond donors (Lipinski definition) is 2. The van der Waals surface area contributed by atoms with Gasteiger partial charge >= 0.3 is 0 Å². The molecule has 3 N–H and O–H groups in total. The molecular formula is C17H22N4O2. The molecule has 6 nitrogen and oxygen atoms in total. The Balaban J connectivity index is 1.83. The van der Waals surface area contributed by atoms with Gasteiger partial charge in [0, 0.05) is 18.5 Å². The number of aryl methyl sites for hydroxylation is 1. The monoisotopic (exact) mass is 314 g/mol. The van der Waals surface area contributed by atoms with Gasteiger partial charge in [-0.15, -0.1) is 0 Å². The smallest absolute Gasteiger partial charge is 0.274 e. The van der Waals surface area contributed by atoms with E-state index in [2.05, 4.69) is 10.4 Å². The van der Waals surface area contributed by atoms with Gasteiger partial charge < -0.3 is 11.1 Å². The molecule has 0 saturated heterocycles. The molecule has 6 heteroatoms. The Morgan fingerprint density at radius 1 is 1.35 bits per heavy atom. The molecule has 0 radical (unpaired) electrons. The molecule has 1 saturated carbocycles. The SMILES string of the molecule is Cn1nc(CC(=O)NC2CCCC2CN)c2ccccc2c1=O. The minimum Gasteiger partial charge on any atom is -0.353 e. The van der Waals surface area contributed by atoms with E-state index in [4.69, 9.17) is 5.73 Å². The van der Waals surface area contributed by atoms with Crippen molar-refractivity contribution in [3.05, 3.63) is 40.3 Å². The van der Waals surface area contributed by atoms with Crippen molar-refractivity contribution in [1.82, 2.24) is 15.1 Å². The molecule has 0 bridgehead atoms. The van der Waals surface area contributed by atoms with Gasteiger partial charge in [-0.2, -0.15) is 5.10 Å². The van der Waals surface area contributed by atoms with Gasteiger partial charge in [0.2, 0.25) is 5.91 Å². The maximum absolute atomic E-state index is 12.4. The molecule has 1 fully saturated rings. The molecule has 1 aromatic heterocycles. The van der Waals surface area contributed by atoms with Gasteiger partial charge in [-0.1, -0.05) is 24.6 Å². The van der Waals surface area contributed by atoms with Crippen LogP contribution in [0.1, 0.15) is 25.0 Å². The van der Waals surface area contributed by atoms with Gasteiger partial charge in [0.15, 0.2) is 0 Å². The van der Waals surface area contributed by atoms with E-state index >= 15 is 0 Å². The molecule has 1 aromatic carbocycles. The van der Waals surface area contributed by atoms with Gasteiger partial charge in [-0.05, 0) is 31.4 Å². The summed E-state index contributed by atoms with van der Waals surface area (Å²) in [4.78, 5) is 24.5. The Morgan fingerprint density at radius 3 is 2.83 bits per heavy atom. The fraction of sp³-hybridized carbons (Fsp3) is 0.471. The molecule has 23 heavy (non-hydrogen) atoms. The van der Waals surface area contributed by atoms with Crippen LogP contribution in [-0.4, -0.2) is 28.3 Å². The topological polar surface area (TPSA) is 90.0 Å². The van der Waals surface area contributed by atoms with E-state index in [0.717, 1.165) is 24.6 Å². The van der Waals surface area contributed by atoms with Crippen LogP contribution in [-0.2, 0) is 18.3 Å². The number of fused-ring (bicyclic) bond motifs is 1.